The van der Waals surface area contributed by atoms with Crippen molar-refractivity contribution in [2.45, 2.75) is 25.4 Å². The van der Waals surface area contributed by atoms with Gasteiger partial charge in [0.1, 0.15) is 5.82 Å². The second-order valence-electron chi connectivity index (χ2n) is 6.04. The van der Waals surface area contributed by atoms with Crippen LogP contribution in [0.25, 0.3) is 11.4 Å². The van der Waals surface area contributed by atoms with Crippen LogP contribution in [0.2, 0.25) is 5.02 Å². The maximum absolute atomic E-state index is 6.23. The third-order valence-electron chi connectivity index (χ3n) is 3.98. The van der Waals surface area contributed by atoms with Crippen LogP contribution in [0.5, 0.6) is 0 Å². The SMILES string of the molecule is Clc1ccccc1CNc1cc(-c2ccccn2)nc(NC2CC2)n1. The lowest BCUT2D eigenvalue weighted by Crippen LogP contribution is -2.09. The van der Waals surface area contributed by atoms with Crippen molar-refractivity contribution in [1.82, 2.24) is 15.0 Å². The average molecular weight is 352 g/mol. The maximum atomic E-state index is 6.23. The molecule has 4 rings (SSSR count). The Morgan fingerprint density at radius 1 is 1.00 bits per heavy atom. The number of benzene rings is 1. The van der Waals surface area contributed by atoms with Crippen molar-refractivity contribution in [3.05, 3.63) is 65.3 Å². The largest absolute Gasteiger partial charge is 0.366 e. The van der Waals surface area contributed by atoms with E-state index in [9.17, 15) is 0 Å². The highest BCUT2D eigenvalue weighted by atomic mass is 35.5. The summed E-state index contributed by atoms with van der Waals surface area (Å²) >= 11 is 6.23. The Morgan fingerprint density at radius 3 is 2.60 bits per heavy atom. The number of hydrogen-bond acceptors (Lipinski definition) is 5. The summed E-state index contributed by atoms with van der Waals surface area (Å²) in [6, 6.07) is 16.0. The maximum Gasteiger partial charge on any atom is 0.225 e. The minimum atomic E-state index is 0.482. The molecule has 6 heteroatoms. The molecule has 1 aromatic carbocycles. The topological polar surface area (TPSA) is 62.7 Å². The first-order valence-electron chi connectivity index (χ1n) is 8.32. The molecule has 0 bridgehead atoms. The number of anilines is 2. The second-order valence-corrected chi connectivity index (χ2v) is 6.45. The van der Waals surface area contributed by atoms with Crippen molar-refractivity contribution in [3.8, 4) is 11.4 Å². The summed E-state index contributed by atoms with van der Waals surface area (Å²) in [5.74, 6) is 1.38. The Labute approximate surface area is 151 Å². The molecule has 0 spiro atoms. The van der Waals surface area contributed by atoms with Crippen LogP contribution in [0.3, 0.4) is 0 Å². The fraction of sp³-hybridized carbons (Fsp3) is 0.211. The molecule has 1 fully saturated rings. The van der Waals surface area contributed by atoms with Gasteiger partial charge >= 0.3 is 0 Å². The molecule has 0 amide bonds. The lowest BCUT2D eigenvalue weighted by molar-refractivity contribution is 1.03. The second kappa shape index (κ2) is 7.07. The van der Waals surface area contributed by atoms with Gasteiger partial charge in [-0.3, -0.25) is 4.98 Å². The van der Waals surface area contributed by atoms with Gasteiger partial charge in [-0.25, -0.2) is 4.98 Å². The molecule has 2 aromatic heterocycles. The number of pyridine rings is 1. The van der Waals surface area contributed by atoms with Gasteiger partial charge in [-0.05, 0) is 36.6 Å². The van der Waals surface area contributed by atoms with Gasteiger partial charge in [0.05, 0.1) is 11.4 Å². The van der Waals surface area contributed by atoms with E-state index in [1.54, 1.807) is 6.20 Å². The molecule has 1 saturated carbocycles. The lowest BCUT2D eigenvalue weighted by Gasteiger charge is -2.11. The van der Waals surface area contributed by atoms with Gasteiger partial charge in [-0.15, -0.1) is 0 Å². The summed E-state index contributed by atoms with van der Waals surface area (Å²) in [6.07, 6.45) is 4.10. The minimum Gasteiger partial charge on any atom is -0.366 e. The summed E-state index contributed by atoms with van der Waals surface area (Å²) < 4.78 is 0. The fourth-order valence-corrected chi connectivity index (χ4v) is 2.69. The highest BCUT2D eigenvalue weighted by Crippen LogP contribution is 2.26. The van der Waals surface area contributed by atoms with Crippen LogP contribution in [-0.4, -0.2) is 21.0 Å². The Bertz CT molecular complexity index is 865. The molecule has 0 saturated heterocycles. The summed E-state index contributed by atoms with van der Waals surface area (Å²) in [6.45, 7) is 0.598. The van der Waals surface area contributed by atoms with Crippen LogP contribution in [0.1, 0.15) is 18.4 Å². The normalized spacial score (nSPS) is 13.5. The zero-order valence-corrected chi connectivity index (χ0v) is 14.4. The Morgan fingerprint density at radius 2 is 1.84 bits per heavy atom. The van der Waals surface area contributed by atoms with Gasteiger partial charge in [0.2, 0.25) is 5.95 Å². The van der Waals surface area contributed by atoms with Crippen molar-refractivity contribution in [3.63, 3.8) is 0 Å². The van der Waals surface area contributed by atoms with Crippen LogP contribution >= 0.6 is 11.6 Å². The molecular formula is C19H18ClN5. The van der Waals surface area contributed by atoms with E-state index < -0.39 is 0 Å². The first-order valence-corrected chi connectivity index (χ1v) is 8.70. The molecule has 5 nitrogen and oxygen atoms in total. The summed E-state index contributed by atoms with van der Waals surface area (Å²) in [7, 11) is 0. The van der Waals surface area contributed by atoms with Crippen LogP contribution in [0.4, 0.5) is 11.8 Å². The van der Waals surface area contributed by atoms with Crippen molar-refractivity contribution in [1.29, 1.82) is 0 Å². The van der Waals surface area contributed by atoms with Crippen LogP contribution in [0, 0.1) is 0 Å². The number of nitrogens with zero attached hydrogens (tertiary/aromatic N) is 3. The van der Waals surface area contributed by atoms with Crippen molar-refractivity contribution >= 4 is 23.4 Å². The van der Waals surface area contributed by atoms with Gasteiger partial charge in [0.25, 0.3) is 0 Å². The average Bonchev–Trinajstić information content (AvgIpc) is 3.46. The quantitative estimate of drug-likeness (QED) is 0.690. The first-order chi connectivity index (χ1) is 12.3. The van der Waals surface area contributed by atoms with Gasteiger partial charge < -0.3 is 10.6 Å². The smallest absolute Gasteiger partial charge is 0.225 e. The Kier molecular flexibility index (Phi) is 4.48. The highest BCUT2D eigenvalue weighted by Gasteiger charge is 2.22. The monoisotopic (exact) mass is 351 g/mol. The standard InChI is InChI=1S/C19H18ClN5/c20-15-6-2-1-5-13(15)12-22-18-11-17(16-7-3-4-10-21-16)24-19(25-18)23-14-8-9-14/h1-7,10-11,14H,8-9,12H2,(H2,22,23,24,25). The van der Waals surface area contributed by atoms with E-state index in [1.807, 2.05) is 48.5 Å². The van der Waals surface area contributed by atoms with Crippen LogP contribution < -0.4 is 10.6 Å². The van der Waals surface area contributed by atoms with E-state index in [2.05, 4.69) is 25.6 Å². The molecule has 1 aliphatic carbocycles. The van der Waals surface area contributed by atoms with Crippen LogP contribution in [-0.2, 0) is 6.54 Å². The van der Waals surface area contributed by atoms with Crippen molar-refractivity contribution < 1.29 is 0 Å². The molecule has 0 unspecified atom stereocenters. The molecule has 2 N–H and O–H groups in total. The lowest BCUT2D eigenvalue weighted by atomic mass is 10.2. The summed E-state index contributed by atoms with van der Waals surface area (Å²) in [5.41, 5.74) is 2.64. The number of hydrogen-bond donors (Lipinski definition) is 2. The van der Waals surface area contributed by atoms with Gasteiger partial charge in [0, 0.05) is 29.9 Å². The number of halogens is 1. The first kappa shape index (κ1) is 15.8. The molecule has 1 aliphatic rings. The Balaban J connectivity index is 1.60. The number of rotatable bonds is 6. The van der Waals surface area contributed by atoms with E-state index in [0.29, 0.717) is 18.5 Å². The van der Waals surface area contributed by atoms with Crippen molar-refractivity contribution in [2.24, 2.45) is 0 Å². The summed E-state index contributed by atoms with van der Waals surface area (Å²) in [4.78, 5) is 13.6. The molecule has 3 aromatic rings. The van der Waals surface area contributed by atoms with E-state index in [4.69, 9.17) is 11.6 Å². The van der Waals surface area contributed by atoms with E-state index in [0.717, 1.165) is 27.8 Å². The molecule has 126 valence electrons. The Hall–Kier alpha value is -2.66. The van der Waals surface area contributed by atoms with Gasteiger partial charge in [-0.2, -0.15) is 4.98 Å². The predicted octanol–water partition coefficient (Wildman–Crippen LogP) is 4.38. The van der Waals surface area contributed by atoms with Crippen LogP contribution in [0.15, 0.2) is 54.7 Å². The molecule has 0 atom stereocenters. The molecule has 0 aliphatic heterocycles. The van der Waals surface area contributed by atoms with Gasteiger partial charge in [-0.1, -0.05) is 35.9 Å². The fourth-order valence-electron chi connectivity index (χ4n) is 2.49. The third kappa shape index (κ3) is 4.06. The third-order valence-corrected chi connectivity index (χ3v) is 4.35. The van der Waals surface area contributed by atoms with Crippen molar-refractivity contribution in [2.75, 3.05) is 10.6 Å². The molecule has 0 radical (unpaired) electrons. The zero-order chi connectivity index (χ0) is 17.1. The zero-order valence-electron chi connectivity index (χ0n) is 13.6. The van der Waals surface area contributed by atoms with E-state index in [1.165, 1.54) is 12.8 Å². The van der Waals surface area contributed by atoms with Gasteiger partial charge in [0.15, 0.2) is 0 Å². The predicted molar refractivity (Wildman–Crippen MR) is 101 cm³/mol. The summed E-state index contributed by atoms with van der Waals surface area (Å²) in [5, 5.41) is 7.44. The van der Waals surface area contributed by atoms with E-state index >= 15 is 0 Å². The molecular weight excluding hydrogens is 334 g/mol. The molecule has 25 heavy (non-hydrogen) atoms. The number of nitrogens with one attached hydrogen (secondary N) is 2. The molecule has 2 heterocycles. The van der Waals surface area contributed by atoms with E-state index in [-0.39, 0.29) is 0 Å². The number of aromatic nitrogens is 3. The minimum absolute atomic E-state index is 0.482. The highest BCUT2D eigenvalue weighted by molar-refractivity contribution is 6.31.